The highest BCUT2D eigenvalue weighted by Gasteiger charge is 2.48. The van der Waals surface area contributed by atoms with Gasteiger partial charge < -0.3 is 44.8 Å². The van der Waals surface area contributed by atoms with Crippen LogP contribution in [0.5, 0.6) is 5.75 Å². The molecule has 0 aromatic heterocycles. The van der Waals surface area contributed by atoms with Crippen molar-refractivity contribution in [2.24, 2.45) is 0 Å². The first kappa shape index (κ1) is 23.4. The summed E-state index contributed by atoms with van der Waals surface area (Å²) < 4.78 is 16.4. The average molecular weight is 438 g/mol. The monoisotopic (exact) mass is 438 g/mol. The second-order valence-electron chi connectivity index (χ2n) is 7.35. The van der Waals surface area contributed by atoms with Crippen molar-refractivity contribution in [3.63, 3.8) is 0 Å². The van der Waals surface area contributed by atoms with E-state index in [1.165, 1.54) is 24.3 Å². The highest BCUT2D eigenvalue weighted by molar-refractivity contribution is 5.87. The maximum Gasteiger partial charge on any atom is 0.331 e. The van der Waals surface area contributed by atoms with Gasteiger partial charge in [-0.15, -0.1) is 0 Å². The lowest BCUT2D eigenvalue weighted by Gasteiger charge is -2.43. The van der Waals surface area contributed by atoms with Crippen molar-refractivity contribution in [2.75, 3.05) is 6.61 Å². The number of aromatic hydroxyl groups is 1. The van der Waals surface area contributed by atoms with E-state index < -0.39 is 61.6 Å². The van der Waals surface area contributed by atoms with Crippen molar-refractivity contribution >= 4 is 12.0 Å². The van der Waals surface area contributed by atoms with E-state index in [4.69, 9.17) is 14.2 Å². The number of phenols is 1. The third-order valence-electron chi connectivity index (χ3n) is 5.12. The first-order valence-electron chi connectivity index (χ1n) is 9.78. The van der Waals surface area contributed by atoms with Crippen LogP contribution in [0.25, 0.3) is 6.08 Å². The van der Waals surface area contributed by atoms with Gasteiger partial charge in [0.25, 0.3) is 0 Å². The van der Waals surface area contributed by atoms with Crippen molar-refractivity contribution < 1.29 is 49.6 Å². The summed E-state index contributed by atoms with van der Waals surface area (Å²) in [5, 5.41) is 59.2. The van der Waals surface area contributed by atoms with E-state index in [2.05, 4.69) is 0 Å². The molecule has 6 N–H and O–H groups in total. The highest BCUT2D eigenvalue weighted by atomic mass is 16.7. The molecule has 3 rings (SSSR count). The maximum absolute atomic E-state index is 12.3. The molecule has 1 heterocycles. The zero-order chi connectivity index (χ0) is 22.5. The molecule has 1 aromatic rings. The number of rotatable bonds is 6. The molecule has 170 valence electrons. The van der Waals surface area contributed by atoms with Crippen molar-refractivity contribution in [1.29, 1.82) is 0 Å². The van der Waals surface area contributed by atoms with Crippen LogP contribution in [0.1, 0.15) is 12.0 Å². The van der Waals surface area contributed by atoms with Gasteiger partial charge in [0.2, 0.25) is 0 Å². The molecule has 1 saturated heterocycles. The van der Waals surface area contributed by atoms with Crippen LogP contribution in [0, 0.1) is 0 Å². The second-order valence-corrected chi connectivity index (χ2v) is 7.35. The van der Waals surface area contributed by atoms with Gasteiger partial charge in [0.1, 0.15) is 36.3 Å². The van der Waals surface area contributed by atoms with Crippen molar-refractivity contribution in [1.82, 2.24) is 0 Å². The molecule has 0 unspecified atom stereocenters. The van der Waals surface area contributed by atoms with E-state index in [0.29, 0.717) is 5.56 Å². The summed E-state index contributed by atoms with van der Waals surface area (Å²) in [7, 11) is 0. The molecule has 2 aliphatic rings. The summed E-state index contributed by atoms with van der Waals surface area (Å²) >= 11 is 0. The zero-order valence-corrected chi connectivity index (χ0v) is 16.5. The fraction of sp³-hybridized carbons (Fsp3) is 0.476. The second kappa shape index (κ2) is 10.3. The van der Waals surface area contributed by atoms with Crippen molar-refractivity contribution in [3.05, 3.63) is 48.1 Å². The minimum Gasteiger partial charge on any atom is -0.508 e. The number of hydrogen-bond acceptors (Lipinski definition) is 10. The molecular formula is C21H26O10. The molecule has 10 nitrogen and oxygen atoms in total. The quantitative estimate of drug-likeness (QED) is 0.181. The molecule has 1 aromatic carbocycles. The summed E-state index contributed by atoms with van der Waals surface area (Å²) in [5.74, 6) is -0.799. The van der Waals surface area contributed by atoms with Crippen molar-refractivity contribution in [2.45, 2.75) is 55.4 Å². The van der Waals surface area contributed by atoms with Gasteiger partial charge in [-0.05, 0) is 30.2 Å². The minimum absolute atomic E-state index is 0.0690. The molecule has 0 bridgehead atoms. The fourth-order valence-electron chi connectivity index (χ4n) is 3.35. The number of ether oxygens (including phenoxy) is 3. The zero-order valence-electron chi connectivity index (χ0n) is 16.5. The highest BCUT2D eigenvalue weighted by Crippen LogP contribution is 2.28. The molecule has 1 aliphatic carbocycles. The van der Waals surface area contributed by atoms with Crippen LogP contribution in [0.2, 0.25) is 0 Å². The minimum atomic E-state index is -1.64. The standard InChI is InChI=1S/C21H26O10/c22-10-15-18(27)19(28)20(21(30-15)29-14-3-1-2-13(24)17(14)26)31-16(25)9-6-11-4-7-12(23)8-5-11/h1-2,4-9,13-15,17-24,26-28H,3,10H2/b9-6+/t13-,14+,15+,17+,18+,19-,20+,21+/m0/s1. The Balaban J connectivity index is 1.72. The van der Waals surface area contributed by atoms with Gasteiger partial charge in [-0.1, -0.05) is 24.3 Å². The lowest BCUT2D eigenvalue weighted by molar-refractivity contribution is -0.320. The number of benzene rings is 1. The third-order valence-corrected chi connectivity index (χ3v) is 5.12. The van der Waals surface area contributed by atoms with E-state index in [1.807, 2.05) is 0 Å². The first-order chi connectivity index (χ1) is 14.8. The normalized spacial score (nSPS) is 35.9. The van der Waals surface area contributed by atoms with Gasteiger partial charge >= 0.3 is 5.97 Å². The first-order valence-corrected chi connectivity index (χ1v) is 9.78. The number of phenolic OH excluding ortho intramolecular Hbond substituents is 1. The molecule has 31 heavy (non-hydrogen) atoms. The Morgan fingerprint density at radius 2 is 1.81 bits per heavy atom. The van der Waals surface area contributed by atoms with Crippen LogP contribution in [0.3, 0.4) is 0 Å². The smallest absolute Gasteiger partial charge is 0.331 e. The molecular weight excluding hydrogens is 412 g/mol. The SMILES string of the molecule is O=C(/C=C/c1ccc(O)cc1)O[C@H]1[C@H](O[C@@H]2CC=C[C@H](O)[C@H]2O)O[C@H](CO)[C@@H](O)[C@@H]1O. The summed E-state index contributed by atoms with van der Waals surface area (Å²) in [5.41, 5.74) is 0.606. The summed E-state index contributed by atoms with van der Waals surface area (Å²) in [6.45, 7) is -0.630. The Labute approximate surface area is 178 Å². The number of carbonyl (C=O) groups is 1. The average Bonchev–Trinajstić information content (AvgIpc) is 2.76. The van der Waals surface area contributed by atoms with Crippen LogP contribution < -0.4 is 0 Å². The van der Waals surface area contributed by atoms with E-state index in [0.717, 1.165) is 6.08 Å². The van der Waals surface area contributed by atoms with E-state index in [9.17, 15) is 35.4 Å². The lowest BCUT2D eigenvalue weighted by atomic mass is 9.97. The van der Waals surface area contributed by atoms with Crippen LogP contribution in [-0.4, -0.2) is 92.2 Å². The maximum atomic E-state index is 12.3. The van der Waals surface area contributed by atoms with Crippen LogP contribution >= 0.6 is 0 Å². The summed E-state index contributed by atoms with van der Waals surface area (Å²) in [4.78, 5) is 12.3. The fourth-order valence-corrected chi connectivity index (χ4v) is 3.35. The largest absolute Gasteiger partial charge is 0.508 e. The predicted molar refractivity (Wildman–Crippen MR) is 105 cm³/mol. The summed E-state index contributed by atoms with van der Waals surface area (Å²) in [6, 6.07) is 6.03. The van der Waals surface area contributed by atoms with Crippen LogP contribution in [0.4, 0.5) is 0 Å². The van der Waals surface area contributed by atoms with Gasteiger partial charge in [-0.25, -0.2) is 4.79 Å². The van der Waals surface area contributed by atoms with Gasteiger partial charge in [0.05, 0.1) is 12.7 Å². The number of hydrogen-bond donors (Lipinski definition) is 6. The molecule has 8 atom stereocenters. The number of carbonyl (C=O) groups excluding carboxylic acids is 1. The number of aliphatic hydroxyl groups excluding tert-OH is 5. The third kappa shape index (κ3) is 5.69. The predicted octanol–water partition coefficient (Wildman–Crippen LogP) is -1.18. The van der Waals surface area contributed by atoms with Gasteiger partial charge in [0, 0.05) is 6.08 Å². The molecule has 1 aliphatic heterocycles. The molecule has 0 amide bonds. The van der Waals surface area contributed by atoms with Gasteiger partial charge in [-0.2, -0.15) is 0 Å². The van der Waals surface area contributed by atoms with Crippen LogP contribution in [0.15, 0.2) is 42.5 Å². The molecule has 10 heteroatoms. The topological polar surface area (TPSA) is 166 Å². The number of aliphatic hydroxyl groups is 5. The van der Waals surface area contributed by atoms with Crippen LogP contribution in [-0.2, 0) is 19.0 Å². The summed E-state index contributed by atoms with van der Waals surface area (Å²) in [6.07, 6.45) is -4.91. The molecule has 0 radical (unpaired) electrons. The molecule has 0 spiro atoms. The Hall–Kier alpha value is -2.31. The van der Waals surface area contributed by atoms with Gasteiger partial charge in [-0.3, -0.25) is 0 Å². The van der Waals surface area contributed by atoms with E-state index in [-0.39, 0.29) is 12.2 Å². The Morgan fingerprint density at radius 1 is 1.10 bits per heavy atom. The van der Waals surface area contributed by atoms with E-state index >= 15 is 0 Å². The Bertz CT molecular complexity index is 792. The lowest BCUT2D eigenvalue weighted by Crippen LogP contribution is -2.61. The van der Waals surface area contributed by atoms with Crippen molar-refractivity contribution in [3.8, 4) is 5.75 Å². The number of esters is 1. The van der Waals surface area contributed by atoms with Gasteiger partial charge in [0.15, 0.2) is 12.4 Å². The Morgan fingerprint density at radius 3 is 2.48 bits per heavy atom. The van der Waals surface area contributed by atoms with E-state index in [1.54, 1.807) is 18.2 Å². The molecule has 0 saturated carbocycles. The molecule has 1 fully saturated rings. The Kier molecular flexibility index (Phi) is 7.79.